The normalized spacial score (nSPS) is 18.3. The van der Waals surface area contributed by atoms with Gasteiger partial charge in [-0.1, -0.05) is 0 Å². The third-order valence-electron chi connectivity index (χ3n) is 3.42. The Morgan fingerprint density at radius 3 is 3.11 bits per heavy atom. The average molecular weight is 263 g/mol. The van der Waals surface area contributed by atoms with Gasteiger partial charge >= 0.3 is 5.97 Å². The quantitative estimate of drug-likeness (QED) is 0.786. The molecule has 4 heteroatoms. The van der Waals surface area contributed by atoms with E-state index < -0.39 is 0 Å². The van der Waals surface area contributed by atoms with E-state index in [1.54, 1.807) is 0 Å². The molecule has 1 aromatic rings. The predicted molar refractivity (Wildman–Crippen MR) is 72.0 cm³/mol. The summed E-state index contributed by atoms with van der Waals surface area (Å²) in [5.74, 6) is 2.40. The second kappa shape index (κ2) is 4.92. The van der Waals surface area contributed by atoms with Crippen molar-refractivity contribution in [1.82, 2.24) is 4.98 Å². The minimum atomic E-state index is -0.203. The van der Waals surface area contributed by atoms with Crippen LogP contribution in [0.4, 0.5) is 0 Å². The topological polar surface area (TPSA) is 39.2 Å². The first-order valence-electron chi connectivity index (χ1n) is 6.57. The summed E-state index contributed by atoms with van der Waals surface area (Å²) in [7, 11) is 0. The molecule has 0 bridgehead atoms. The first-order chi connectivity index (χ1) is 8.79. The second-order valence-electron chi connectivity index (χ2n) is 4.82. The molecule has 0 amide bonds. The number of fused-ring (bicyclic) bond motifs is 1. The third kappa shape index (κ3) is 2.26. The minimum absolute atomic E-state index is 0.203. The maximum atomic E-state index is 12.0. The number of hydrogen-bond acceptors (Lipinski definition) is 4. The van der Waals surface area contributed by atoms with Gasteiger partial charge in [0.2, 0.25) is 0 Å². The highest BCUT2D eigenvalue weighted by molar-refractivity contribution is 7.98. The monoisotopic (exact) mass is 263 g/mol. The molecule has 0 unspecified atom stereocenters. The van der Waals surface area contributed by atoms with Crippen molar-refractivity contribution in [3.8, 4) is 0 Å². The number of aromatic nitrogens is 1. The van der Waals surface area contributed by atoms with E-state index in [4.69, 9.17) is 9.72 Å². The van der Waals surface area contributed by atoms with Crippen LogP contribution in [0.3, 0.4) is 0 Å². The van der Waals surface area contributed by atoms with Crippen LogP contribution in [0.25, 0.3) is 0 Å². The van der Waals surface area contributed by atoms with Crippen LogP contribution in [0.1, 0.15) is 53.0 Å². The standard InChI is InChI=1S/C14H17NO2S/c1-2-17-14(16)11-7-10-8-18-6-5-12(10)15-13(11)9-3-4-9/h7,9H,2-6,8H2,1H3. The van der Waals surface area contributed by atoms with Crippen molar-refractivity contribution in [2.45, 2.75) is 37.9 Å². The number of thioether (sulfide) groups is 1. The largest absolute Gasteiger partial charge is 0.462 e. The van der Waals surface area contributed by atoms with Crippen LogP contribution in [-0.4, -0.2) is 23.3 Å². The summed E-state index contributed by atoms with van der Waals surface area (Å²) >= 11 is 1.91. The highest BCUT2D eigenvalue weighted by Crippen LogP contribution is 2.42. The summed E-state index contributed by atoms with van der Waals surface area (Å²) < 4.78 is 5.15. The van der Waals surface area contributed by atoms with Crippen molar-refractivity contribution in [2.24, 2.45) is 0 Å². The van der Waals surface area contributed by atoms with Crippen LogP contribution >= 0.6 is 11.8 Å². The lowest BCUT2D eigenvalue weighted by atomic mass is 10.0. The molecule has 1 fully saturated rings. The molecule has 0 N–H and O–H groups in total. The zero-order valence-corrected chi connectivity index (χ0v) is 11.4. The van der Waals surface area contributed by atoms with E-state index >= 15 is 0 Å². The van der Waals surface area contributed by atoms with Crippen LogP contribution in [-0.2, 0) is 16.9 Å². The van der Waals surface area contributed by atoms with E-state index in [2.05, 4.69) is 0 Å². The summed E-state index contributed by atoms with van der Waals surface area (Å²) in [6.07, 6.45) is 3.35. The van der Waals surface area contributed by atoms with Gasteiger partial charge in [0.05, 0.1) is 17.9 Å². The number of carbonyl (C=O) groups excluding carboxylic acids is 1. The molecule has 1 aliphatic carbocycles. The predicted octanol–water partition coefficient (Wildman–Crippen LogP) is 2.93. The molecule has 96 valence electrons. The molecule has 2 heterocycles. The maximum absolute atomic E-state index is 12.0. The van der Waals surface area contributed by atoms with Crippen LogP contribution < -0.4 is 0 Å². The van der Waals surface area contributed by atoms with Gasteiger partial charge in [0.1, 0.15) is 0 Å². The molecule has 0 saturated heterocycles. The fourth-order valence-electron chi connectivity index (χ4n) is 2.34. The SMILES string of the molecule is CCOC(=O)c1cc2c(nc1C1CC1)CCSC2. The van der Waals surface area contributed by atoms with Crippen molar-refractivity contribution in [1.29, 1.82) is 0 Å². The number of carbonyl (C=O) groups is 1. The summed E-state index contributed by atoms with van der Waals surface area (Å²) in [5.41, 5.74) is 4.11. The van der Waals surface area contributed by atoms with Crippen molar-refractivity contribution < 1.29 is 9.53 Å². The van der Waals surface area contributed by atoms with Gasteiger partial charge in [-0.2, -0.15) is 11.8 Å². The van der Waals surface area contributed by atoms with Crippen molar-refractivity contribution in [2.75, 3.05) is 12.4 Å². The van der Waals surface area contributed by atoms with Crippen molar-refractivity contribution in [3.05, 3.63) is 28.6 Å². The molecule has 0 radical (unpaired) electrons. The smallest absolute Gasteiger partial charge is 0.339 e. The summed E-state index contributed by atoms with van der Waals surface area (Å²) in [5, 5.41) is 0. The van der Waals surface area contributed by atoms with Crippen LogP contribution in [0, 0.1) is 0 Å². The fraction of sp³-hybridized carbons (Fsp3) is 0.571. The number of rotatable bonds is 3. The lowest BCUT2D eigenvalue weighted by Crippen LogP contribution is -2.14. The van der Waals surface area contributed by atoms with E-state index in [1.807, 2.05) is 24.8 Å². The average Bonchev–Trinajstić information content (AvgIpc) is 3.22. The Bertz CT molecular complexity index is 483. The second-order valence-corrected chi connectivity index (χ2v) is 5.93. The molecular weight excluding hydrogens is 246 g/mol. The van der Waals surface area contributed by atoms with Gasteiger partial charge in [-0.15, -0.1) is 0 Å². The lowest BCUT2D eigenvalue weighted by Gasteiger charge is -2.18. The molecule has 1 aliphatic heterocycles. The molecule has 0 aromatic carbocycles. The van der Waals surface area contributed by atoms with Gasteiger partial charge < -0.3 is 4.74 Å². The molecule has 0 atom stereocenters. The number of ether oxygens (including phenoxy) is 1. The fourth-order valence-corrected chi connectivity index (χ4v) is 3.29. The molecule has 1 saturated carbocycles. The number of esters is 1. The van der Waals surface area contributed by atoms with Crippen LogP contribution in [0.15, 0.2) is 6.07 Å². The summed E-state index contributed by atoms with van der Waals surface area (Å²) in [6.45, 7) is 2.27. The van der Waals surface area contributed by atoms with Gasteiger partial charge in [0, 0.05) is 17.4 Å². The molecule has 1 aromatic heterocycles. The van der Waals surface area contributed by atoms with Gasteiger partial charge in [-0.3, -0.25) is 4.98 Å². The zero-order valence-electron chi connectivity index (χ0n) is 10.6. The molecule has 18 heavy (non-hydrogen) atoms. The van der Waals surface area contributed by atoms with Crippen molar-refractivity contribution in [3.63, 3.8) is 0 Å². The van der Waals surface area contributed by atoms with Gasteiger partial charge in [-0.25, -0.2) is 4.79 Å². The van der Waals surface area contributed by atoms with Crippen molar-refractivity contribution >= 4 is 17.7 Å². The Morgan fingerprint density at radius 2 is 2.39 bits per heavy atom. The lowest BCUT2D eigenvalue weighted by molar-refractivity contribution is 0.0524. The number of aryl methyl sites for hydroxylation is 1. The van der Waals surface area contributed by atoms with E-state index in [9.17, 15) is 4.79 Å². The third-order valence-corrected chi connectivity index (χ3v) is 4.43. The molecule has 0 spiro atoms. The van der Waals surface area contributed by atoms with Gasteiger partial charge in [0.25, 0.3) is 0 Å². The van der Waals surface area contributed by atoms with E-state index in [0.29, 0.717) is 18.1 Å². The van der Waals surface area contributed by atoms with E-state index in [1.165, 1.54) is 11.3 Å². The highest BCUT2D eigenvalue weighted by atomic mass is 32.2. The van der Waals surface area contributed by atoms with Crippen LogP contribution in [0.2, 0.25) is 0 Å². The van der Waals surface area contributed by atoms with E-state index in [0.717, 1.165) is 36.5 Å². The molecular formula is C14H17NO2S. The maximum Gasteiger partial charge on any atom is 0.339 e. The van der Waals surface area contributed by atoms with E-state index in [-0.39, 0.29) is 5.97 Å². The minimum Gasteiger partial charge on any atom is -0.462 e. The zero-order chi connectivity index (χ0) is 12.5. The molecule has 3 nitrogen and oxygen atoms in total. The first-order valence-corrected chi connectivity index (χ1v) is 7.72. The Morgan fingerprint density at radius 1 is 1.56 bits per heavy atom. The highest BCUT2D eigenvalue weighted by Gasteiger charge is 2.31. The number of pyridine rings is 1. The Kier molecular flexibility index (Phi) is 3.29. The number of nitrogens with zero attached hydrogens (tertiary/aromatic N) is 1. The summed E-state index contributed by atoms with van der Waals surface area (Å²) in [4.78, 5) is 16.8. The Hall–Kier alpha value is -1.03. The molecule has 2 aliphatic rings. The van der Waals surface area contributed by atoms with Gasteiger partial charge in [0.15, 0.2) is 0 Å². The van der Waals surface area contributed by atoms with Crippen LogP contribution in [0.5, 0.6) is 0 Å². The first kappa shape index (κ1) is 12.0. The number of hydrogen-bond donors (Lipinski definition) is 0. The Balaban J connectivity index is 2.01. The molecule has 3 rings (SSSR count). The van der Waals surface area contributed by atoms with Gasteiger partial charge in [-0.05, 0) is 43.6 Å². The Labute approximate surface area is 111 Å². The summed E-state index contributed by atoms with van der Waals surface area (Å²) in [6, 6.07) is 2.03.